The van der Waals surface area contributed by atoms with Crippen molar-refractivity contribution in [1.82, 2.24) is 4.90 Å². The van der Waals surface area contributed by atoms with E-state index >= 15 is 0 Å². The maximum absolute atomic E-state index is 14.5. The molecule has 1 saturated heterocycles. The van der Waals surface area contributed by atoms with Gasteiger partial charge in [-0.2, -0.15) is 0 Å². The molecular formula is C30H40FNO4. The van der Waals surface area contributed by atoms with Crippen molar-refractivity contribution in [1.29, 1.82) is 0 Å². The van der Waals surface area contributed by atoms with Gasteiger partial charge in [-0.15, -0.1) is 0 Å². The Morgan fingerprint density at radius 3 is 2.53 bits per heavy atom. The predicted molar refractivity (Wildman–Crippen MR) is 139 cm³/mol. The summed E-state index contributed by atoms with van der Waals surface area (Å²) in [5.41, 5.74) is 2.34. The summed E-state index contributed by atoms with van der Waals surface area (Å²) in [5, 5.41) is 0. The first-order valence-electron chi connectivity index (χ1n) is 13.1. The minimum absolute atomic E-state index is 0.00410. The highest BCUT2D eigenvalue weighted by molar-refractivity contribution is 5.72. The number of nitrogens with zero attached hydrogens (tertiary/aromatic N) is 1. The van der Waals surface area contributed by atoms with Crippen LogP contribution >= 0.6 is 0 Å². The zero-order valence-electron chi connectivity index (χ0n) is 22.5. The number of fused-ring (bicyclic) bond motifs is 2. The van der Waals surface area contributed by atoms with E-state index in [0.29, 0.717) is 24.5 Å². The van der Waals surface area contributed by atoms with Crippen LogP contribution in [-0.4, -0.2) is 42.7 Å². The Morgan fingerprint density at radius 1 is 1.14 bits per heavy atom. The van der Waals surface area contributed by atoms with Crippen LogP contribution in [0, 0.1) is 11.7 Å². The lowest BCUT2D eigenvalue weighted by atomic mass is 9.74. The molecule has 2 aliphatic rings. The van der Waals surface area contributed by atoms with E-state index in [9.17, 15) is 9.18 Å². The van der Waals surface area contributed by atoms with E-state index in [4.69, 9.17) is 14.2 Å². The SMILES string of the molecule is CC(CN1CCC2(CC1)COc1cc(OCc3c(F)cccc3C(C)C)ccc12)C(=O)OC(C)(C)C. The van der Waals surface area contributed by atoms with E-state index < -0.39 is 5.60 Å². The molecule has 0 aliphatic carbocycles. The summed E-state index contributed by atoms with van der Waals surface area (Å²) in [6.45, 7) is 15.2. The van der Waals surface area contributed by atoms with Gasteiger partial charge in [0.15, 0.2) is 0 Å². The quantitative estimate of drug-likeness (QED) is 0.424. The maximum atomic E-state index is 14.5. The summed E-state index contributed by atoms with van der Waals surface area (Å²) >= 11 is 0. The van der Waals surface area contributed by atoms with Gasteiger partial charge in [-0.25, -0.2) is 4.39 Å². The molecule has 1 fully saturated rings. The van der Waals surface area contributed by atoms with E-state index in [1.165, 1.54) is 11.6 Å². The second-order valence-corrected chi connectivity index (χ2v) is 11.7. The van der Waals surface area contributed by atoms with Crippen LogP contribution in [0.4, 0.5) is 4.39 Å². The van der Waals surface area contributed by atoms with Gasteiger partial charge in [-0.05, 0) is 70.3 Å². The van der Waals surface area contributed by atoms with Crippen molar-refractivity contribution in [3.63, 3.8) is 0 Å². The fourth-order valence-electron chi connectivity index (χ4n) is 5.31. The van der Waals surface area contributed by atoms with Crippen molar-refractivity contribution >= 4 is 5.97 Å². The van der Waals surface area contributed by atoms with Gasteiger partial charge in [-0.1, -0.05) is 39.0 Å². The maximum Gasteiger partial charge on any atom is 0.310 e. The van der Waals surface area contributed by atoms with Crippen LogP contribution in [0.2, 0.25) is 0 Å². The molecule has 5 nitrogen and oxygen atoms in total. The van der Waals surface area contributed by atoms with Crippen LogP contribution in [0.5, 0.6) is 11.5 Å². The summed E-state index contributed by atoms with van der Waals surface area (Å²) in [4.78, 5) is 14.7. The van der Waals surface area contributed by atoms with Crippen LogP contribution in [0.1, 0.15) is 77.0 Å². The normalized spacial score (nSPS) is 18.1. The summed E-state index contributed by atoms with van der Waals surface area (Å²) in [5.74, 6) is 1.25. The van der Waals surface area contributed by atoms with E-state index in [-0.39, 0.29) is 35.6 Å². The monoisotopic (exact) mass is 497 g/mol. The van der Waals surface area contributed by atoms with Gasteiger partial charge in [0.05, 0.1) is 12.5 Å². The largest absolute Gasteiger partial charge is 0.492 e. The van der Waals surface area contributed by atoms with Crippen molar-refractivity contribution < 1.29 is 23.4 Å². The molecule has 0 N–H and O–H groups in total. The molecule has 2 heterocycles. The molecule has 0 amide bonds. The lowest BCUT2D eigenvalue weighted by Gasteiger charge is -2.39. The number of piperidine rings is 1. The first-order chi connectivity index (χ1) is 17.0. The zero-order chi connectivity index (χ0) is 26.1. The average molecular weight is 498 g/mol. The topological polar surface area (TPSA) is 48.0 Å². The van der Waals surface area contributed by atoms with Crippen LogP contribution < -0.4 is 9.47 Å². The molecule has 1 atom stereocenters. The number of carbonyl (C=O) groups excluding carboxylic acids is 1. The van der Waals surface area contributed by atoms with E-state index in [0.717, 1.165) is 37.2 Å². The molecule has 6 heteroatoms. The minimum Gasteiger partial charge on any atom is -0.492 e. The standard InChI is InChI=1S/C30H40FNO4/c1-20(2)23-8-7-9-26(31)24(23)18-34-22-10-11-25-27(16-22)35-19-30(25)12-14-32(15-13-30)17-21(3)28(33)36-29(4,5)6/h7-11,16,20-21H,12-15,17-19H2,1-6H3. The van der Waals surface area contributed by atoms with Crippen LogP contribution in [0.25, 0.3) is 0 Å². The molecule has 0 bridgehead atoms. The minimum atomic E-state index is -0.462. The number of halogens is 1. The lowest BCUT2D eigenvalue weighted by molar-refractivity contribution is -0.160. The molecule has 196 valence electrons. The van der Waals surface area contributed by atoms with Crippen LogP contribution in [0.3, 0.4) is 0 Å². The Labute approximate surface area is 214 Å². The number of likely N-dealkylation sites (tertiary alicyclic amines) is 1. The molecule has 1 spiro atoms. The third-order valence-corrected chi connectivity index (χ3v) is 7.34. The number of hydrogen-bond acceptors (Lipinski definition) is 5. The summed E-state index contributed by atoms with van der Waals surface area (Å²) in [7, 11) is 0. The second kappa shape index (κ2) is 10.4. The van der Waals surface area contributed by atoms with Gasteiger partial charge in [-0.3, -0.25) is 4.79 Å². The molecule has 0 radical (unpaired) electrons. The average Bonchev–Trinajstić information content (AvgIpc) is 3.15. The Bertz CT molecular complexity index is 1080. The van der Waals surface area contributed by atoms with Crippen molar-refractivity contribution in [2.45, 2.75) is 77.9 Å². The molecule has 0 aromatic heterocycles. The molecule has 0 saturated carbocycles. The molecular weight excluding hydrogens is 457 g/mol. The number of rotatable bonds is 7. The van der Waals surface area contributed by atoms with Gasteiger partial charge in [0.1, 0.15) is 29.5 Å². The highest BCUT2D eigenvalue weighted by atomic mass is 19.1. The van der Waals surface area contributed by atoms with Crippen molar-refractivity contribution in [2.24, 2.45) is 5.92 Å². The van der Waals surface area contributed by atoms with Gasteiger partial charge < -0.3 is 19.1 Å². The number of esters is 1. The Kier molecular flexibility index (Phi) is 7.65. The van der Waals surface area contributed by atoms with Crippen LogP contribution in [-0.2, 0) is 21.6 Å². The lowest BCUT2D eigenvalue weighted by Crippen LogP contribution is -2.46. The number of ether oxygens (including phenoxy) is 3. The van der Waals surface area contributed by atoms with E-state index in [1.54, 1.807) is 6.07 Å². The number of benzene rings is 2. The van der Waals surface area contributed by atoms with E-state index in [1.807, 2.05) is 45.9 Å². The molecule has 2 aliphatic heterocycles. The fourth-order valence-corrected chi connectivity index (χ4v) is 5.31. The number of carbonyl (C=O) groups is 1. The van der Waals surface area contributed by atoms with Crippen molar-refractivity contribution in [2.75, 3.05) is 26.2 Å². The number of hydrogen-bond donors (Lipinski definition) is 0. The van der Waals surface area contributed by atoms with Gasteiger partial charge in [0.25, 0.3) is 0 Å². The Morgan fingerprint density at radius 2 is 1.86 bits per heavy atom. The van der Waals surface area contributed by atoms with Crippen molar-refractivity contribution in [3.05, 3.63) is 58.9 Å². The second-order valence-electron chi connectivity index (χ2n) is 11.7. The van der Waals surface area contributed by atoms with Gasteiger partial charge in [0, 0.05) is 29.2 Å². The summed E-state index contributed by atoms with van der Waals surface area (Å²) in [6, 6.07) is 11.2. The van der Waals surface area contributed by atoms with Gasteiger partial charge >= 0.3 is 5.97 Å². The first kappa shape index (κ1) is 26.5. The summed E-state index contributed by atoms with van der Waals surface area (Å²) < 4.78 is 32.2. The third kappa shape index (κ3) is 5.86. The van der Waals surface area contributed by atoms with Crippen LogP contribution in [0.15, 0.2) is 36.4 Å². The van der Waals surface area contributed by atoms with Gasteiger partial charge in [0.2, 0.25) is 0 Å². The molecule has 2 aromatic carbocycles. The first-order valence-corrected chi connectivity index (χ1v) is 13.1. The Balaban J connectivity index is 1.37. The van der Waals surface area contributed by atoms with Crippen molar-refractivity contribution in [3.8, 4) is 11.5 Å². The predicted octanol–water partition coefficient (Wildman–Crippen LogP) is 6.23. The fraction of sp³-hybridized carbons (Fsp3) is 0.567. The molecule has 4 rings (SSSR count). The van der Waals surface area contributed by atoms with E-state index in [2.05, 4.69) is 24.8 Å². The smallest absolute Gasteiger partial charge is 0.310 e. The summed E-state index contributed by atoms with van der Waals surface area (Å²) in [6.07, 6.45) is 1.96. The third-order valence-electron chi connectivity index (χ3n) is 7.34. The molecule has 2 aromatic rings. The zero-order valence-corrected chi connectivity index (χ0v) is 22.5. The Hall–Kier alpha value is -2.60. The molecule has 36 heavy (non-hydrogen) atoms. The highest BCUT2D eigenvalue weighted by Crippen LogP contribution is 2.46. The highest BCUT2D eigenvalue weighted by Gasteiger charge is 2.43. The molecule has 1 unspecified atom stereocenters.